The lowest BCUT2D eigenvalue weighted by Gasteiger charge is -2.25. The van der Waals surface area contributed by atoms with Gasteiger partial charge in [-0.3, -0.25) is 9.59 Å². The molecule has 3 heterocycles. The summed E-state index contributed by atoms with van der Waals surface area (Å²) in [6.07, 6.45) is 0.725. The molecule has 38 heavy (non-hydrogen) atoms. The Bertz CT molecular complexity index is 1290. The van der Waals surface area contributed by atoms with Crippen molar-refractivity contribution in [2.24, 2.45) is 11.8 Å². The maximum atomic E-state index is 14.3. The number of nitrogens with one attached hydrogen (secondary N) is 1. The Morgan fingerprint density at radius 3 is 2.45 bits per heavy atom. The molecule has 0 radical (unpaired) electrons. The molecule has 2 fully saturated rings. The number of nitrogens with zero attached hydrogens (tertiary/aromatic N) is 2. The third-order valence-electron chi connectivity index (χ3n) is 7.42. The van der Waals surface area contributed by atoms with Crippen LogP contribution in [-0.4, -0.2) is 61.4 Å². The lowest BCUT2D eigenvalue weighted by atomic mass is 10.0. The minimum absolute atomic E-state index is 0.0454. The van der Waals surface area contributed by atoms with Crippen LogP contribution in [0.3, 0.4) is 0 Å². The SMILES string of the molecule is COc1c(C(=O)NC(CCN2CC3CN(C(=O)c4c(F)cccc4Cl)C[C@@H]3C2)c2ccccc2)csc1Cl. The van der Waals surface area contributed by atoms with Crippen LogP contribution < -0.4 is 10.1 Å². The van der Waals surface area contributed by atoms with E-state index >= 15 is 0 Å². The number of thiophene rings is 1. The Kier molecular flexibility index (Phi) is 8.23. The van der Waals surface area contributed by atoms with Crippen LogP contribution in [0.2, 0.25) is 9.36 Å². The number of carbonyl (C=O) groups is 2. The highest BCUT2D eigenvalue weighted by molar-refractivity contribution is 7.15. The molecule has 2 unspecified atom stereocenters. The van der Waals surface area contributed by atoms with Crippen LogP contribution in [0, 0.1) is 17.7 Å². The van der Waals surface area contributed by atoms with E-state index in [1.54, 1.807) is 16.3 Å². The van der Waals surface area contributed by atoms with Crippen molar-refractivity contribution in [3.8, 4) is 5.75 Å². The normalized spacial score (nSPS) is 19.8. The second-order valence-electron chi connectivity index (χ2n) is 9.77. The summed E-state index contributed by atoms with van der Waals surface area (Å²) in [5.41, 5.74) is 1.41. The van der Waals surface area contributed by atoms with Gasteiger partial charge in [-0.15, -0.1) is 11.3 Å². The van der Waals surface area contributed by atoms with Crippen molar-refractivity contribution in [3.63, 3.8) is 0 Å². The topological polar surface area (TPSA) is 61.9 Å². The van der Waals surface area contributed by atoms with E-state index in [1.165, 1.54) is 30.6 Å². The van der Waals surface area contributed by atoms with E-state index in [-0.39, 0.29) is 28.4 Å². The Morgan fingerprint density at radius 2 is 1.79 bits per heavy atom. The van der Waals surface area contributed by atoms with Gasteiger partial charge in [0, 0.05) is 38.1 Å². The van der Waals surface area contributed by atoms with E-state index in [0.717, 1.165) is 31.6 Å². The zero-order chi connectivity index (χ0) is 26.8. The van der Waals surface area contributed by atoms with Gasteiger partial charge < -0.3 is 19.9 Å². The molecule has 6 nitrogen and oxygen atoms in total. The highest BCUT2D eigenvalue weighted by atomic mass is 35.5. The van der Waals surface area contributed by atoms with Crippen molar-refractivity contribution in [2.45, 2.75) is 12.5 Å². The third-order valence-corrected chi connectivity index (χ3v) is 8.92. The minimum atomic E-state index is -0.586. The largest absolute Gasteiger partial charge is 0.493 e. The summed E-state index contributed by atoms with van der Waals surface area (Å²) < 4.78 is 20.1. The van der Waals surface area contributed by atoms with Crippen LogP contribution in [0.1, 0.15) is 38.7 Å². The maximum Gasteiger partial charge on any atom is 0.258 e. The summed E-state index contributed by atoms with van der Waals surface area (Å²) in [6, 6.07) is 14.0. The number of hydrogen-bond donors (Lipinski definition) is 1. The van der Waals surface area contributed by atoms with Gasteiger partial charge in [0.25, 0.3) is 11.8 Å². The monoisotopic (exact) mass is 575 g/mol. The van der Waals surface area contributed by atoms with E-state index in [2.05, 4.69) is 10.2 Å². The van der Waals surface area contributed by atoms with E-state index in [0.29, 0.717) is 40.6 Å². The zero-order valence-electron chi connectivity index (χ0n) is 20.8. The first kappa shape index (κ1) is 26.9. The molecule has 200 valence electrons. The van der Waals surface area contributed by atoms with Crippen LogP contribution in [0.4, 0.5) is 4.39 Å². The predicted molar refractivity (Wildman–Crippen MR) is 148 cm³/mol. The second-order valence-corrected chi connectivity index (χ2v) is 11.7. The molecule has 10 heteroatoms. The Labute approximate surface area is 235 Å². The van der Waals surface area contributed by atoms with Gasteiger partial charge in [0.05, 0.1) is 29.3 Å². The summed E-state index contributed by atoms with van der Waals surface area (Å²) >= 11 is 13.6. The quantitative estimate of drug-likeness (QED) is 0.370. The zero-order valence-corrected chi connectivity index (χ0v) is 23.2. The molecule has 5 rings (SSSR count). The number of amides is 2. The Hall–Kier alpha value is -2.65. The molecule has 2 amide bonds. The van der Waals surface area contributed by atoms with Gasteiger partial charge >= 0.3 is 0 Å². The lowest BCUT2D eigenvalue weighted by molar-refractivity contribution is 0.0769. The summed E-state index contributed by atoms with van der Waals surface area (Å²) in [7, 11) is 1.50. The molecule has 3 atom stereocenters. The summed E-state index contributed by atoms with van der Waals surface area (Å²) in [6.45, 7) is 3.66. The highest BCUT2D eigenvalue weighted by Crippen LogP contribution is 2.36. The number of rotatable bonds is 8. The number of fused-ring (bicyclic) bond motifs is 1. The van der Waals surface area contributed by atoms with Crippen molar-refractivity contribution in [2.75, 3.05) is 39.8 Å². The summed E-state index contributed by atoms with van der Waals surface area (Å²) in [5.74, 6) is -0.109. The molecule has 2 aliphatic rings. The molecular weight excluding hydrogens is 548 g/mol. The molecule has 2 saturated heterocycles. The molecule has 2 aliphatic heterocycles. The van der Waals surface area contributed by atoms with Gasteiger partial charge in [0.2, 0.25) is 0 Å². The first-order valence-electron chi connectivity index (χ1n) is 12.5. The molecule has 1 N–H and O–H groups in total. The molecule has 1 aromatic heterocycles. The van der Waals surface area contributed by atoms with E-state index in [1.807, 2.05) is 30.3 Å². The Balaban J connectivity index is 1.20. The summed E-state index contributed by atoms with van der Waals surface area (Å²) in [5, 5.41) is 5.02. The van der Waals surface area contributed by atoms with Gasteiger partial charge in [-0.25, -0.2) is 4.39 Å². The average Bonchev–Trinajstić information content (AvgIpc) is 3.59. The number of benzene rings is 2. The second kappa shape index (κ2) is 11.6. The number of likely N-dealkylation sites (tertiary alicyclic amines) is 2. The van der Waals surface area contributed by atoms with Gasteiger partial charge in [-0.2, -0.15) is 0 Å². The fourth-order valence-corrected chi connectivity index (χ4v) is 6.82. The van der Waals surface area contributed by atoms with Gasteiger partial charge in [-0.1, -0.05) is 59.6 Å². The molecule has 0 bridgehead atoms. The molecule has 3 aromatic rings. The van der Waals surface area contributed by atoms with Crippen molar-refractivity contribution < 1.29 is 18.7 Å². The Morgan fingerprint density at radius 1 is 1.08 bits per heavy atom. The number of methoxy groups -OCH3 is 1. The highest BCUT2D eigenvalue weighted by Gasteiger charge is 2.42. The smallest absolute Gasteiger partial charge is 0.258 e. The van der Waals surface area contributed by atoms with Gasteiger partial charge in [-0.05, 0) is 36.0 Å². The first-order chi connectivity index (χ1) is 18.4. The van der Waals surface area contributed by atoms with Crippen molar-refractivity contribution in [3.05, 3.63) is 85.8 Å². The van der Waals surface area contributed by atoms with E-state index < -0.39 is 5.82 Å². The summed E-state index contributed by atoms with van der Waals surface area (Å²) in [4.78, 5) is 30.2. The van der Waals surface area contributed by atoms with Gasteiger partial charge in [0.15, 0.2) is 5.75 Å². The fraction of sp³-hybridized carbons (Fsp3) is 0.357. The van der Waals surface area contributed by atoms with Crippen molar-refractivity contribution in [1.29, 1.82) is 0 Å². The van der Waals surface area contributed by atoms with Crippen LogP contribution in [0.15, 0.2) is 53.9 Å². The molecule has 0 spiro atoms. The number of ether oxygens (including phenoxy) is 1. The predicted octanol–water partition coefficient (Wildman–Crippen LogP) is 5.77. The fourth-order valence-electron chi connectivity index (χ4n) is 5.52. The van der Waals surface area contributed by atoms with Crippen molar-refractivity contribution >= 4 is 46.4 Å². The molecule has 2 aromatic carbocycles. The van der Waals surface area contributed by atoms with E-state index in [9.17, 15) is 14.0 Å². The maximum absolute atomic E-state index is 14.3. The van der Waals surface area contributed by atoms with Crippen LogP contribution >= 0.6 is 34.5 Å². The molecular formula is C28H28Cl2FN3O3S. The van der Waals surface area contributed by atoms with Crippen LogP contribution in [0.25, 0.3) is 0 Å². The minimum Gasteiger partial charge on any atom is -0.493 e. The van der Waals surface area contributed by atoms with Gasteiger partial charge in [0.1, 0.15) is 10.2 Å². The van der Waals surface area contributed by atoms with E-state index in [4.69, 9.17) is 27.9 Å². The van der Waals surface area contributed by atoms with Crippen molar-refractivity contribution in [1.82, 2.24) is 15.1 Å². The standard InChI is InChI=1S/C28H28Cl2FN3O3S/c1-37-25-20(16-38-26(25)30)27(35)32-23(17-6-3-2-4-7-17)10-11-33-12-18-14-34(15-19(18)13-33)28(36)24-21(29)8-5-9-22(24)31/h2-9,16,18-19,23H,10-15H2,1H3,(H,32,35)/t18-,19?,23?/m0/s1. The van der Waals surface area contributed by atoms with Crippen LogP contribution in [0.5, 0.6) is 5.75 Å². The third kappa shape index (κ3) is 5.54. The number of hydrogen-bond acceptors (Lipinski definition) is 5. The number of carbonyl (C=O) groups excluding carboxylic acids is 2. The average molecular weight is 577 g/mol. The first-order valence-corrected chi connectivity index (χ1v) is 14.1. The van der Waals surface area contributed by atoms with Crippen LogP contribution in [-0.2, 0) is 0 Å². The number of halogens is 3. The molecule has 0 aliphatic carbocycles. The lowest BCUT2D eigenvalue weighted by Crippen LogP contribution is -2.35. The molecule has 0 saturated carbocycles.